The third-order valence-corrected chi connectivity index (χ3v) is 3.67. The largest absolute Gasteiger partial charge is 0.487 e. The SMILES string of the molecule is CC1CN(CC(O)Cn2cc([N+](=O)[O-])cn2)c2ccccc2O1. The number of β-amino-alcohol motifs (C(OH)–C–C–N with tert-alkyl or cyclic N) is 1. The van der Waals surface area contributed by atoms with Crippen LogP contribution in [0.25, 0.3) is 0 Å². The number of rotatable bonds is 5. The summed E-state index contributed by atoms with van der Waals surface area (Å²) in [5.74, 6) is 0.799. The smallest absolute Gasteiger partial charge is 0.306 e. The molecule has 2 atom stereocenters. The zero-order valence-electron chi connectivity index (χ0n) is 12.7. The standard InChI is InChI=1S/C15H18N4O4/c1-11-7-17(14-4-2-3-5-15(14)23-11)9-13(20)10-18-8-12(6-16-18)19(21)22/h2-6,8,11,13,20H,7,9-10H2,1H3. The topological polar surface area (TPSA) is 93.7 Å². The summed E-state index contributed by atoms with van der Waals surface area (Å²) in [6.07, 6.45) is 1.83. The Bertz CT molecular complexity index is 702. The molecule has 2 aromatic rings. The van der Waals surface area contributed by atoms with Crippen LogP contribution in [0.1, 0.15) is 6.92 Å². The van der Waals surface area contributed by atoms with Gasteiger partial charge >= 0.3 is 5.69 Å². The fraction of sp³-hybridized carbons (Fsp3) is 0.400. The van der Waals surface area contributed by atoms with Crippen molar-refractivity contribution in [2.75, 3.05) is 18.0 Å². The molecule has 0 saturated heterocycles. The van der Waals surface area contributed by atoms with Crippen LogP contribution in [0, 0.1) is 10.1 Å². The molecule has 1 aromatic carbocycles. The Hall–Kier alpha value is -2.61. The lowest BCUT2D eigenvalue weighted by atomic mass is 10.2. The monoisotopic (exact) mass is 318 g/mol. The van der Waals surface area contributed by atoms with E-state index < -0.39 is 11.0 Å². The number of aromatic nitrogens is 2. The zero-order valence-corrected chi connectivity index (χ0v) is 12.7. The zero-order chi connectivity index (χ0) is 16.4. The second-order valence-corrected chi connectivity index (χ2v) is 5.63. The summed E-state index contributed by atoms with van der Waals surface area (Å²) < 4.78 is 7.16. The minimum absolute atomic E-state index is 0.0305. The van der Waals surface area contributed by atoms with E-state index in [0.29, 0.717) is 13.1 Å². The molecule has 0 fully saturated rings. The Morgan fingerprint density at radius 2 is 2.26 bits per heavy atom. The van der Waals surface area contributed by atoms with Gasteiger partial charge in [-0.15, -0.1) is 0 Å². The second-order valence-electron chi connectivity index (χ2n) is 5.63. The molecule has 23 heavy (non-hydrogen) atoms. The minimum atomic E-state index is -0.701. The molecule has 2 heterocycles. The Kier molecular flexibility index (Phi) is 4.16. The third-order valence-electron chi connectivity index (χ3n) is 3.67. The number of hydrogen-bond donors (Lipinski definition) is 1. The summed E-state index contributed by atoms with van der Waals surface area (Å²) in [6.45, 7) is 3.25. The summed E-state index contributed by atoms with van der Waals surface area (Å²) in [5, 5.41) is 24.9. The Morgan fingerprint density at radius 1 is 1.48 bits per heavy atom. The van der Waals surface area contributed by atoms with Gasteiger partial charge in [0.25, 0.3) is 0 Å². The van der Waals surface area contributed by atoms with E-state index in [2.05, 4.69) is 10.00 Å². The average molecular weight is 318 g/mol. The van der Waals surface area contributed by atoms with Crippen LogP contribution in [0.15, 0.2) is 36.7 Å². The van der Waals surface area contributed by atoms with Gasteiger partial charge in [0.15, 0.2) is 0 Å². The van der Waals surface area contributed by atoms with E-state index in [1.807, 2.05) is 31.2 Å². The quantitative estimate of drug-likeness (QED) is 0.662. The van der Waals surface area contributed by atoms with Crippen LogP contribution in [-0.4, -0.2) is 45.1 Å². The van der Waals surface area contributed by atoms with Crippen molar-refractivity contribution in [1.29, 1.82) is 0 Å². The van der Waals surface area contributed by atoms with Gasteiger partial charge in [0, 0.05) is 6.54 Å². The van der Waals surface area contributed by atoms with Crippen LogP contribution in [0.3, 0.4) is 0 Å². The van der Waals surface area contributed by atoms with E-state index in [1.165, 1.54) is 17.1 Å². The first kappa shape index (κ1) is 15.3. The van der Waals surface area contributed by atoms with Gasteiger partial charge in [0.1, 0.15) is 24.2 Å². The number of benzene rings is 1. The van der Waals surface area contributed by atoms with Crippen LogP contribution in [0.5, 0.6) is 5.75 Å². The van der Waals surface area contributed by atoms with Gasteiger partial charge in [-0.3, -0.25) is 14.8 Å². The summed E-state index contributed by atoms with van der Waals surface area (Å²) in [4.78, 5) is 12.2. The molecule has 0 aliphatic carbocycles. The van der Waals surface area contributed by atoms with Crippen LogP contribution < -0.4 is 9.64 Å². The Balaban J connectivity index is 1.67. The number of para-hydroxylation sites is 2. The van der Waals surface area contributed by atoms with Gasteiger partial charge in [-0.2, -0.15) is 5.10 Å². The summed E-state index contributed by atoms with van der Waals surface area (Å²) in [7, 11) is 0. The molecule has 1 aromatic heterocycles. The van der Waals surface area contributed by atoms with E-state index in [4.69, 9.17) is 4.74 Å². The molecule has 122 valence electrons. The minimum Gasteiger partial charge on any atom is -0.487 e. The lowest BCUT2D eigenvalue weighted by molar-refractivity contribution is -0.385. The van der Waals surface area contributed by atoms with Gasteiger partial charge in [0.05, 0.1) is 29.8 Å². The molecule has 3 rings (SSSR count). The van der Waals surface area contributed by atoms with Gasteiger partial charge in [0.2, 0.25) is 0 Å². The predicted octanol–water partition coefficient (Wildman–Crippen LogP) is 1.44. The maximum absolute atomic E-state index is 10.7. The van der Waals surface area contributed by atoms with Gasteiger partial charge in [-0.25, -0.2) is 0 Å². The number of nitro groups is 1. The molecule has 0 saturated carbocycles. The van der Waals surface area contributed by atoms with Crippen molar-refractivity contribution in [2.24, 2.45) is 0 Å². The number of fused-ring (bicyclic) bond motifs is 1. The van der Waals surface area contributed by atoms with Gasteiger partial charge in [-0.05, 0) is 19.1 Å². The van der Waals surface area contributed by atoms with Crippen molar-refractivity contribution < 1.29 is 14.8 Å². The number of ether oxygens (including phenoxy) is 1. The molecule has 1 N–H and O–H groups in total. The highest BCUT2D eigenvalue weighted by Gasteiger charge is 2.24. The summed E-state index contributed by atoms with van der Waals surface area (Å²) in [6, 6.07) is 7.69. The molecule has 0 spiro atoms. The normalized spacial score (nSPS) is 18.2. The van der Waals surface area contributed by atoms with Crippen molar-refractivity contribution in [3.63, 3.8) is 0 Å². The molecule has 0 radical (unpaired) electrons. The highest BCUT2D eigenvalue weighted by molar-refractivity contribution is 5.60. The highest BCUT2D eigenvalue weighted by atomic mass is 16.6. The average Bonchev–Trinajstić information content (AvgIpc) is 2.95. The summed E-state index contributed by atoms with van der Waals surface area (Å²) >= 11 is 0. The molecular weight excluding hydrogens is 300 g/mol. The van der Waals surface area contributed by atoms with E-state index in [0.717, 1.165) is 11.4 Å². The van der Waals surface area contributed by atoms with E-state index in [9.17, 15) is 15.2 Å². The van der Waals surface area contributed by atoms with Gasteiger partial charge < -0.3 is 14.7 Å². The maximum atomic E-state index is 10.7. The van der Waals surface area contributed by atoms with Gasteiger partial charge in [-0.1, -0.05) is 12.1 Å². The van der Waals surface area contributed by atoms with Crippen molar-refractivity contribution in [3.05, 3.63) is 46.8 Å². The van der Waals surface area contributed by atoms with E-state index in [-0.39, 0.29) is 18.3 Å². The van der Waals surface area contributed by atoms with Crippen molar-refractivity contribution in [1.82, 2.24) is 9.78 Å². The molecule has 1 aliphatic rings. The third kappa shape index (κ3) is 3.42. The highest BCUT2D eigenvalue weighted by Crippen LogP contribution is 2.32. The van der Waals surface area contributed by atoms with Crippen LogP contribution >= 0.6 is 0 Å². The van der Waals surface area contributed by atoms with Crippen LogP contribution in [0.4, 0.5) is 11.4 Å². The Morgan fingerprint density at radius 3 is 3.00 bits per heavy atom. The molecule has 0 bridgehead atoms. The molecule has 2 unspecified atom stereocenters. The number of anilines is 1. The lowest BCUT2D eigenvalue weighted by Crippen LogP contribution is -2.43. The maximum Gasteiger partial charge on any atom is 0.306 e. The number of aliphatic hydroxyl groups is 1. The first-order valence-corrected chi connectivity index (χ1v) is 7.38. The second kappa shape index (κ2) is 6.25. The predicted molar refractivity (Wildman–Crippen MR) is 83.6 cm³/mol. The number of nitrogens with zero attached hydrogens (tertiary/aromatic N) is 4. The van der Waals surface area contributed by atoms with Crippen molar-refractivity contribution >= 4 is 11.4 Å². The molecular formula is C15H18N4O4. The van der Waals surface area contributed by atoms with Crippen molar-refractivity contribution in [2.45, 2.75) is 25.7 Å². The first-order chi connectivity index (χ1) is 11.0. The van der Waals surface area contributed by atoms with Crippen molar-refractivity contribution in [3.8, 4) is 5.75 Å². The van der Waals surface area contributed by atoms with E-state index in [1.54, 1.807) is 0 Å². The lowest BCUT2D eigenvalue weighted by Gasteiger charge is -2.36. The fourth-order valence-corrected chi connectivity index (χ4v) is 2.73. The molecule has 8 nitrogen and oxygen atoms in total. The summed E-state index contributed by atoms with van der Waals surface area (Å²) in [5.41, 5.74) is 0.860. The molecule has 1 aliphatic heterocycles. The van der Waals surface area contributed by atoms with E-state index >= 15 is 0 Å². The molecule has 8 heteroatoms. The van der Waals surface area contributed by atoms with Crippen LogP contribution in [0.2, 0.25) is 0 Å². The first-order valence-electron chi connectivity index (χ1n) is 7.38. The molecule has 0 amide bonds. The number of hydrogen-bond acceptors (Lipinski definition) is 6. The fourth-order valence-electron chi connectivity index (χ4n) is 2.73. The van der Waals surface area contributed by atoms with Crippen LogP contribution in [-0.2, 0) is 6.54 Å². The number of aliphatic hydroxyl groups excluding tert-OH is 1. The Labute approximate surface area is 133 Å².